The molecule has 0 aromatic carbocycles. The van der Waals surface area contributed by atoms with Crippen LogP contribution in [0.5, 0.6) is 0 Å². The molecule has 0 bridgehead atoms. The molecule has 0 heterocycles. The van der Waals surface area contributed by atoms with Gasteiger partial charge in [0.25, 0.3) is 0 Å². The number of rotatable bonds is 13. The second-order valence-corrected chi connectivity index (χ2v) is 30.3. The maximum atomic E-state index is 6.76. The van der Waals surface area contributed by atoms with Gasteiger partial charge in [-0.15, -0.1) is 0 Å². The van der Waals surface area contributed by atoms with Crippen molar-refractivity contribution in [2.24, 2.45) is 11.3 Å². The maximum absolute atomic E-state index is 6.76. The summed E-state index contributed by atoms with van der Waals surface area (Å²) in [7, 11) is -1.63. The van der Waals surface area contributed by atoms with E-state index in [1.807, 2.05) is 0 Å². The Morgan fingerprint density at radius 3 is 1.59 bits per heavy atom. The molecule has 0 N–H and O–H groups in total. The van der Waals surface area contributed by atoms with Crippen LogP contribution in [0, 0.1) is 11.3 Å². The molecule has 1 rings (SSSR count). The quantitative estimate of drug-likeness (QED) is 0.228. The Bertz CT molecular complexity index is 416. The van der Waals surface area contributed by atoms with Crippen LogP contribution in [0.25, 0.3) is 0 Å². The predicted molar refractivity (Wildman–Crippen MR) is 129 cm³/mol. The molecule has 0 aromatic heterocycles. The van der Waals surface area contributed by atoms with Crippen molar-refractivity contribution in [1.82, 2.24) is 0 Å². The van der Waals surface area contributed by atoms with Crippen molar-refractivity contribution in [3.63, 3.8) is 0 Å². The molecule has 2 atom stereocenters. The minimum absolute atomic E-state index is 0.328. The van der Waals surface area contributed by atoms with Crippen LogP contribution in [0.3, 0.4) is 0 Å². The molecule has 0 amide bonds. The summed E-state index contributed by atoms with van der Waals surface area (Å²) in [6.07, 6.45) is 8.63. The number of hydrogen-bond donors (Lipinski definition) is 0. The van der Waals surface area contributed by atoms with Crippen molar-refractivity contribution in [2.75, 3.05) is 6.61 Å². The zero-order valence-corrected chi connectivity index (χ0v) is 24.5. The molecule has 0 aromatic rings. The van der Waals surface area contributed by atoms with Gasteiger partial charge in [0.1, 0.15) is 0 Å². The van der Waals surface area contributed by atoms with Crippen molar-refractivity contribution < 1.29 is 4.43 Å². The van der Waals surface area contributed by atoms with Crippen LogP contribution in [0.2, 0.25) is 35.4 Å². The summed E-state index contributed by atoms with van der Waals surface area (Å²) < 4.78 is 12.8. The van der Waals surface area contributed by atoms with Gasteiger partial charge in [-0.1, -0.05) is 0 Å². The molecule has 162 valence electrons. The topological polar surface area (TPSA) is 9.23 Å². The molecule has 0 spiro atoms. The van der Waals surface area contributed by atoms with Crippen LogP contribution in [0.15, 0.2) is 0 Å². The molecule has 0 aliphatic heterocycles. The second kappa shape index (κ2) is 10.3. The van der Waals surface area contributed by atoms with Gasteiger partial charge in [-0.2, -0.15) is 0 Å². The van der Waals surface area contributed by atoms with Crippen molar-refractivity contribution in [3.8, 4) is 0 Å². The Balaban J connectivity index is 2.98. The molecule has 1 saturated carbocycles. The SMILES string of the molecule is CCC[CH2][Sn]([CH2]CCC)([CH2]CCC)[C@H]1[C@H](CO[Si](C)(C)C(C)(C)C)C1(C)C. The summed E-state index contributed by atoms with van der Waals surface area (Å²) in [4.78, 5) is 0. The first-order chi connectivity index (χ1) is 12.4. The van der Waals surface area contributed by atoms with Gasteiger partial charge in [-0.25, -0.2) is 0 Å². The fourth-order valence-electron chi connectivity index (χ4n) is 5.21. The third-order valence-electron chi connectivity index (χ3n) is 8.22. The minimum atomic E-state index is -2.15. The van der Waals surface area contributed by atoms with E-state index in [9.17, 15) is 0 Å². The van der Waals surface area contributed by atoms with E-state index in [4.69, 9.17) is 4.43 Å². The summed E-state index contributed by atoms with van der Waals surface area (Å²) in [5.41, 5.74) is 0.549. The first-order valence-corrected chi connectivity index (χ1v) is 22.6. The molecule has 0 radical (unpaired) electrons. The molecular formula is C24H52OSiSn. The van der Waals surface area contributed by atoms with E-state index in [2.05, 4.69) is 68.5 Å². The zero-order chi connectivity index (χ0) is 20.9. The van der Waals surface area contributed by atoms with Gasteiger partial charge in [-0.05, 0) is 0 Å². The first-order valence-electron chi connectivity index (χ1n) is 12.0. The molecule has 0 unspecified atom stereocenters. The normalized spacial score (nSPS) is 22.9. The van der Waals surface area contributed by atoms with Crippen LogP contribution in [-0.4, -0.2) is 33.3 Å². The zero-order valence-electron chi connectivity index (χ0n) is 20.6. The Hall–Kier alpha value is 0.976. The molecule has 0 saturated heterocycles. The Morgan fingerprint density at radius 1 is 0.852 bits per heavy atom. The Kier molecular flexibility index (Phi) is 9.95. The van der Waals surface area contributed by atoms with Gasteiger partial charge < -0.3 is 0 Å². The standard InChI is InChI=1S/C12H25OSi.3C4H9.Sn/c1-11(2,3)14(6,7)13-9-10-8-12(10,4)5;3*1-3-4-2;/h8,10H,9H2,1-7H3;3*1,3-4H2,2H3;/t10-;;;;/m1..../s1. The summed E-state index contributed by atoms with van der Waals surface area (Å²) in [5, 5.41) is 0.328. The van der Waals surface area contributed by atoms with E-state index in [1.165, 1.54) is 38.5 Å². The van der Waals surface area contributed by atoms with Gasteiger partial charge in [0.2, 0.25) is 0 Å². The van der Waals surface area contributed by atoms with E-state index in [0.29, 0.717) is 10.5 Å². The fourth-order valence-corrected chi connectivity index (χ4v) is 28.9. The molecule has 1 nitrogen and oxygen atoms in total. The molecule has 1 fully saturated rings. The molecule has 1 aliphatic rings. The van der Waals surface area contributed by atoms with Crippen LogP contribution >= 0.6 is 0 Å². The number of unbranched alkanes of at least 4 members (excludes halogenated alkanes) is 3. The van der Waals surface area contributed by atoms with Crippen molar-refractivity contribution in [2.45, 2.75) is 129 Å². The molecular weight excluding hydrogens is 451 g/mol. The van der Waals surface area contributed by atoms with Crippen LogP contribution < -0.4 is 0 Å². The van der Waals surface area contributed by atoms with Gasteiger partial charge in [-0.3, -0.25) is 0 Å². The summed E-state index contributed by atoms with van der Waals surface area (Å²) >= 11 is -2.15. The van der Waals surface area contributed by atoms with Gasteiger partial charge in [0.15, 0.2) is 0 Å². The summed E-state index contributed by atoms with van der Waals surface area (Å²) in [6.45, 7) is 25.4. The molecule has 1 aliphatic carbocycles. The van der Waals surface area contributed by atoms with Gasteiger partial charge >= 0.3 is 178 Å². The van der Waals surface area contributed by atoms with Crippen molar-refractivity contribution in [1.29, 1.82) is 0 Å². The van der Waals surface area contributed by atoms with Crippen LogP contribution in [0.1, 0.15) is 93.9 Å². The second-order valence-electron chi connectivity index (χ2n) is 11.6. The third-order valence-corrected chi connectivity index (χ3v) is 31.3. The fraction of sp³-hybridized carbons (Fsp3) is 1.00. The Morgan fingerprint density at radius 2 is 1.26 bits per heavy atom. The first kappa shape index (κ1) is 26.0. The van der Waals surface area contributed by atoms with E-state index in [-0.39, 0.29) is 0 Å². The van der Waals surface area contributed by atoms with Gasteiger partial charge in [0, 0.05) is 0 Å². The van der Waals surface area contributed by atoms with Crippen LogP contribution in [-0.2, 0) is 4.43 Å². The van der Waals surface area contributed by atoms with E-state index in [0.717, 1.165) is 16.5 Å². The molecule has 3 heteroatoms. The Labute approximate surface area is 177 Å². The van der Waals surface area contributed by atoms with E-state index in [1.54, 1.807) is 13.3 Å². The third kappa shape index (κ3) is 6.48. The average Bonchev–Trinajstić information content (AvgIpc) is 3.13. The van der Waals surface area contributed by atoms with E-state index < -0.39 is 26.7 Å². The summed E-state index contributed by atoms with van der Waals surface area (Å²) in [6, 6.07) is 0. The van der Waals surface area contributed by atoms with Crippen molar-refractivity contribution >= 4 is 26.7 Å². The van der Waals surface area contributed by atoms with Gasteiger partial charge in [0.05, 0.1) is 0 Å². The molecule has 27 heavy (non-hydrogen) atoms. The number of hydrogen-bond acceptors (Lipinski definition) is 1. The monoisotopic (exact) mass is 504 g/mol. The average molecular weight is 503 g/mol. The van der Waals surface area contributed by atoms with E-state index >= 15 is 0 Å². The van der Waals surface area contributed by atoms with Crippen LogP contribution in [0.4, 0.5) is 0 Å². The summed E-state index contributed by atoms with van der Waals surface area (Å²) in [5.74, 6) is 0.855. The predicted octanol–water partition coefficient (Wildman–Crippen LogP) is 8.88. The van der Waals surface area contributed by atoms with Crippen molar-refractivity contribution in [3.05, 3.63) is 0 Å².